The van der Waals surface area contributed by atoms with E-state index in [9.17, 15) is 14.9 Å². The average molecular weight is 449 g/mol. The van der Waals surface area contributed by atoms with Crippen LogP contribution in [0, 0.1) is 10.1 Å². The number of benzene rings is 2. The van der Waals surface area contributed by atoms with Crippen LogP contribution in [-0.4, -0.2) is 40.7 Å². The first-order valence-electron chi connectivity index (χ1n) is 11.6. The summed E-state index contributed by atoms with van der Waals surface area (Å²) in [5.41, 5.74) is 5.49. The summed E-state index contributed by atoms with van der Waals surface area (Å²) < 4.78 is 2.40. The fraction of sp³-hybridized carbons (Fsp3) is 0.400. The van der Waals surface area contributed by atoms with Gasteiger partial charge < -0.3 is 19.2 Å². The van der Waals surface area contributed by atoms with E-state index in [-0.39, 0.29) is 18.7 Å². The first-order chi connectivity index (χ1) is 16.1. The molecule has 3 aromatic rings. The van der Waals surface area contributed by atoms with Crippen LogP contribution in [0.2, 0.25) is 0 Å². The van der Waals surface area contributed by atoms with E-state index in [4.69, 9.17) is 0 Å². The van der Waals surface area contributed by atoms with Gasteiger partial charge >= 0.3 is 0 Å². The predicted molar refractivity (Wildman–Crippen MR) is 126 cm³/mol. The highest BCUT2D eigenvalue weighted by atomic mass is 16.9. The summed E-state index contributed by atoms with van der Waals surface area (Å²) in [6.45, 7) is 1.71. The smallest absolute Gasteiger partial charge is 0.294 e. The lowest BCUT2D eigenvalue weighted by molar-refractivity contribution is -0.757. The minimum Gasteiger partial charge on any atom is -0.349 e. The van der Waals surface area contributed by atoms with Crippen molar-refractivity contribution in [2.75, 3.05) is 25.1 Å². The minimum absolute atomic E-state index is 0.0990. The quantitative estimate of drug-likeness (QED) is 0.287. The number of rotatable bonds is 8. The largest absolute Gasteiger partial charge is 0.349 e. The van der Waals surface area contributed by atoms with Gasteiger partial charge in [-0.05, 0) is 43.0 Å². The fourth-order valence-electron chi connectivity index (χ4n) is 5.41. The molecule has 1 atom stereocenters. The highest BCUT2D eigenvalue weighted by molar-refractivity contribution is 6.02. The SMILES string of the molecule is CN1c2ccccc2C(=O)N2CCc3c(n(CCCCCCO[N+](=O)[O-])c4ccccc34)C21. The molecule has 2 aromatic carbocycles. The third kappa shape index (κ3) is 3.69. The normalized spacial score (nSPS) is 17.0. The summed E-state index contributed by atoms with van der Waals surface area (Å²) in [5, 5.41) is 10.8. The zero-order chi connectivity index (χ0) is 22.9. The number of amides is 1. The maximum Gasteiger partial charge on any atom is 0.294 e. The Morgan fingerprint density at radius 3 is 2.67 bits per heavy atom. The number of nitrogens with zero attached hydrogens (tertiary/aromatic N) is 4. The molecule has 1 aromatic heterocycles. The number of para-hydroxylation sites is 2. The minimum atomic E-state index is -0.732. The van der Waals surface area contributed by atoms with Crippen molar-refractivity contribution in [3.05, 3.63) is 75.5 Å². The third-order valence-corrected chi connectivity index (χ3v) is 6.88. The number of anilines is 1. The van der Waals surface area contributed by atoms with Gasteiger partial charge in [0, 0.05) is 31.0 Å². The standard InChI is InChI=1S/C25H28N4O4/c1-26-21-12-6-5-11-20(21)25(30)28-16-14-19-18-10-4-7-13-22(18)27(23(19)24(26)28)15-8-2-3-9-17-33-29(31)32/h4-7,10-13,24H,2-3,8-9,14-17H2,1H3. The van der Waals surface area contributed by atoms with Crippen LogP contribution in [0.4, 0.5) is 5.69 Å². The van der Waals surface area contributed by atoms with Gasteiger partial charge in [-0.2, -0.15) is 0 Å². The highest BCUT2D eigenvalue weighted by Crippen LogP contribution is 2.44. The second kappa shape index (κ2) is 8.77. The Morgan fingerprint density at radius 1 is 1.06 bits per heavy atom. The van der Waals surface area contributed by atoms with Gasteiger partial charge in [0.2, 0.25) is 0 Å². The lowest BCUT2D eigenvalue weighted by Gasteiger charge is -2.46. The fourth-order valence-corrected chi connectivity index (χ4v) is 5.41. The highest BCUT2D eigenvalue weighted by Gasteiger charge is 2.42. The van der Waals surface area contributed by atoms with E-state index in [0.717, 1.165) is 43.5 Å². The molecule has 0 fully saturated rings. The molecule has 0 spiro atoms. The molecular formula is C25H28N4O4. The van der Waals surface area contributed by atoms with Crippen molar-refractivity contribution in [3.8, 4) is 0 Å². The monoisotopic (exact) mass is 448 g/mol. The van der Waals surface area contributed by atoms with Crippen LogP contribution in [0.25, 0.3) is 10.9 Å². The number of hydrogen-bond acceptors (Lipinski definition) is 5. The molecule has 0 saturated carbocycles. The molecule has 1 unspecified atom stereocenters. The molecule has 0 aliphatic carbocycles. The zero-order valence-corrected chi connectivity index (χ0v) is 18.8. The number of fused-ring (bicyclic) bond motifs is 6. The van der Waals surface area contributed by atoms with Crippen LogP contribution in [0.5, 0.6) is 0 Å². The van der Waals surface area contributed by atoms with Gasteiger partial charge in [-0.15, -0.1) is 10.1 Å². The number of carbonyl (C=O) groups excluding carboxylic acids is 1. The van der Waals surface area contributed by atoms with Crippen molar-refractivity contribution in [3.63, 3.8) is 0 Å². The number of hydrogen-bond donors (Lipinski definition) is 0. The Morgan fingerprint density at radius 2 is 1.82 bits per heavy atom. The molecule has 8 heteroatoms. The van der Waals surface area contributed by atoms with Crippen LogP contribution in [-0.2, 0) is 17.8 Å². The molecule has 33 heavy (non-hydrogen) atoms. The number of carbonyl (C=O) groups is 1. The second-order valence-corrected chi connectivity index (χ2v) is 8.75. The van der Waals surface area contributed by atoms with Crippen molar-refractivity contribution in [1.29, 1.82) is 0 Å². The van der Waals surface area contributed by atoms with Gasteiger partial charge in [0.1, 0.15) is 6.17 Å². The first-order valence-corrected chi connectivity index (χ1v) is 11.6. The topological polar surface area (TPSA) is 80.9 Å². The second-order valence-electron chi connectivity index (χ2n) is 8.75. The number of aromatic nitrogens is 1. The van der Waals surface area contributed by atoms with Crippen molar-refractivity contribution in [2.24, 2.45) is 0 Å². The molecule has 5 rings (SSSR count). The molecule has 3 heterocycles. The van der Waals surface area contributed by atoms with Crippen molar-refractivity contribution >= 4 is 22.5 Å². The summed E-state index contributed by atoms with van der Waals surface area (Å²) in [6, 6.07) is 16.4. The lowest BCUT2D eigenvalue weighted by atomic mass is 9.96. The Kier molecular flexibility index (Phi) is 5.66. The zero-order valence-electron chi connectivity index (χ0n) is 18.8. The number of aryl methyl sites for hydroxylation is 1. The molecule has 2 aliphatic rings. The summed E-state index contributed by atoms with van der Waals surface area (Å²) in [5.74, 6) is 0.0990. The lowest BCUT2D eigenvalue weighted by Crippen LogP contribution is -2.51. The summed E-state index contributed by atoms with van der Waals surface area (Å²) in [6.07, 6.45) is 4.21. The van der Waals surface area contributed by atoms with E-state index in [0.29, 0.717) is 13.0 Å². The van der Waals surface area contributed by atoms with Gasteiger partial charge in [0.15, 0.2) is 0 Å². The Labute approximate surface area is 192 Å². The van der Waals surface area contributed by atoms with Gasteiger partial charge in [-0.3, -0.25) is 4.79 Å². The average Bonchev–Trinajstić information content (AvgIpc) is 3.15. The van der Waals surface area contributed by atoms with E-state index < -0.39 is 5.09 Å². The molecule has 0 N–H and O–H groups in total. The predicted octanol–water partition coefficient (Wildman–Crippen LogP) is 4.56. The molecule has 0 saturated heterocycles. The molecular weight excluding hydrogens is 420 g/mol. The van der Waals surface area contributed by atoms with Crippen molar-refractivity contribution < 1.29 is 14.7 Å². The molecule has 0 bridgehead atoms. The van der Waals surface area contributed by atoms with Crippen LogP contribution in [0.1, 0.15) is 53.5 Å². The maximum absolute atomic E-state index is 13.4. The van der Waals surface area contributed by atoms with Gasteiger partial charge in [0.25, 0.3) is 11.0 Å². The molecule has 172 valence electrons. The van der Waals surface area contributed by atoms with Crippen LogP contribution < -0.4 is 4.90 Å². The van der Waals surface area contributed by atoms with E-state index in [1.165, 1.54) is 22.2 Å². The Bertz CT molecular complexity index is 1200. The van der Waals surface area contributed by atoms with Crippen LogP contribution in [0.3, 0.4) is 0 Å². The third-order valence-electron chi connectivity index (χ3n) is 6.88. The van der Waals surface area contributed by atoms with E-state index in [1.807, 2.05) is 29.2 Å². The van der Waals surface area contributed by atoms with Crippen molar-refractivity contribution in [1.82, 2.24) is 9.47 Å². The molecule has 1 amide bonds. The molecule has 0 radical (unpaired) electrons. The van der Waals surface area contributed by atoms with Gasteiger partial charge in [0.05, 0.1) is 23.6 Å². The summed E-state index contributed by atoms with van der Waals surface area (Å²) >= 11 is 0. The van der Waals surface area contributed by atoms with Crippen LogP contribution >= 0.6 is 0 Å². The van der Waals surface area contributed by atoms with Gasteiger partial charge in [-0.25, -0.2) is 0 Å². The Balaban J connectivity index is 1.45. The van der Waals surface area contributed by atoms with E-state index >= 15 is 0 Å². The Hall–Kier alpha value is -3.55. The molecule has 2 aliphatic heterocycles. The maximum atomic E-state index is 13.4. The first kappa shape index (κ1) is 21.3. The van der Waals surface area contributed by atoms with E-state index in [1.54, 1.807) is 0 Å². The number of unbranched alkanes of at least 4 members (excludes halogenated alkanes) is 3. The summed E-state index contributed by atoms with van der Waals surface area (Å²) in [7, 11) is 2.08. The van der Waals surface area contributed by atoms with Crippen molar-refractivity contribution in [2.45, 2.75) is 44.8 Å². The van der Waals surface area contributed by atoms with Crippen LogP contribution in [0.15, 0.2) is 48.5 Å². The summed E-state index contributed by atoms with van der Waals surface area (Å²) in [4.78, 5) is 32.3. The molecule has 8 nitrogen and oxygen atoms in total. The van der Waals surface area contributed by atoms with E-state index in [2.05, 4.69) is 45.6 Å². The van der Waals surface area contributed by atoms with Gasteiger partial charge in [-0.1, -0.05) is 43.2 Å².